The molecule has 0 aliphatic rings. The van der Waals surface area contributed by atoms with Crippen molar-refractivity contribution in [2.24, 2.45) is 0 Å². The van der Waals surface area contributed by atoms with Gasteiger partial charge >= 0.3 is 0 Å². The second-order valence-corrected chi connectivity index (χ2v) is 4.53. The summed E-state index contributed by atoms with van der Waals surface area (Å²) in [4.78, 5) is 20.3. The van der Waals surface area contributed by atoms with Crippen LogP contribution < -0.4 is 10.6 Å². The van der Waals surface area contributed by atoms with Gasteiger partial charge in [-0.2, -0.15) is 0 Å². The molecule has 3 rings (SSSR count). The highest BCUT2D eigenvalue weighted by Gasteiger charge is 2.03. The number of rotatable bonds is 4. The van der Waals surface area contributed by atoms with Gasteiger partial charge in [-0.1, -0.05) is 18.2 Å². The summed E-state index contributed by atoms with van der Waals surface area (Å²) in [6.07, 6.45) is 3.27. The van der Waals surface area contributed by atoms with Crippen molar-refractivity contribution in [1.29, 1.82) is 0 Å². The highest BCUT2D eigenvalue weighted by atomic mass is 16.1. The van der Waals surface area contributed by atoms with Gasteiger partial charge in [-0.05, 0) is 30.3 Å². The summed E-state index contributed by atoms with van der Waals surface area (Å²) >= 11 is 0. The van der Waals surface area contributed by atoms with Crippen molar-refractivity contribution in [2.75, 3.05) is 17.2 Å². The monoisotopic (exact) mass is 278 g/mol. The van der Waals surface area contributed by atoms with Gasteiger partial charge in [-0.25, -0.2) is 0 Å². The maximum Gasteiger partial charge on any atom is 0.243 e. The summed E-state index contributed by atoms with van der Waals surface area (Å²) in [5, 5.41) is 5.90. The Morgan fingerprint density at radius 2 is 1.67 bits per heavy atom. The number of carbonyl (C=O) groups is 1. The average molecular weight is 278 g/mol. The van der Waals surface area contributed by atoms with Crippen LogP contribution in [0.2, 0.25) is 0 Å². The minimum absolute atomic E-state index is 0.109. The summed E-state index contributed by atoms with van der Waals surface area (Å²) in [6.45, 7) is 0.211. The Kier molecular flexibility index (Phi) is 3.73. The second kappa shape index (κ2) is 6.00. The molecule has 0 fully saturated rings. The van der Waals surface area contributed by atoms with E-state index in [-0.39, 0.29) is 12.5 Å². The Morgan fingerprint density at radius 1 is 0.905 bits per heavy atom. The molecule has 0 unspecified atom stereocenters. The maximum absolute atomic E-state index is 11.9. The summed E-state index contributed by atoms with van der Waals surface area (Å²) < 4.78 is 0. The summed E-state index contributed by atoms with van der Waals surface area (Å²) in [5.41, 5.74) is 3.18. The lowest BCUT2D eigenvalue weighted by Crippen LogP contribution is -2.21. The molecule has 104 valence electrons. The molecule has 0 atom stereocenters. The number of hydrogen-bond donors (Lipinski definition) is 2. The molecule has 0 aliphatic heterocycles. The molecule has 0 saturated carbocycles. The lowest BCUT2D eigenvalue weighted by atomic mass is 10.2. The van der Waals surface area contributed by atoms with Crippen LogP contribution in [0.4, 0.5) is 11.4 Å². The number of para-hydroxylation sites is 1. The van der Waals surface area contributed by atoms with E-state index in [4.69, 9.17) is 0 Å². The third kappa shape index (κ3) is 3.33. The van der Waals surface area contributed by atoms with Gasteiger partial charge in [0, 0.05) is 23.8 Å². The van der Waals surface area contributed by atoms with Crippen LogP contribution in [0.1, 0.15) is 0 Å². The Morgan fingerprint density at radius 3 is 2.48 bits per heavy atom. The van der Waals surface area contributed by atoms with E-state index >= 15 is 0 Å². The van der Waals surface area contributed by atoms with E-state index in [2.05, 4.69) is 20.6 Å². The van der Waals surface area contributed by atoms with Crippen molar-refractivity contribution >= 4 is 28.3 Å². The zero-order valence-corrected chi connectivity index (χ0v) is 11.3. The number of nitrogens with one attached hydrogen (secondary N) is 2. The van der Waals surface area contributed by atoms with Gasteiger partial charge in [-0.15, -0.1) is 0 Å². The van der Waals surface area contributed by atoms with E-state index in [0.29, 0.717) is 5.69 Å². The van der Waals surface area contributed by atoms with Gasteiger partial charge in [0.05, 0.1) is 17.6 Å². The number of nitrogens with zero attached hydrogens (tertiary/aromatic N) is 2. The second-order valence-electron chi connectivity index (χ2n) is 4.53. The van der Waals surface area contributed by atoms with Crippen LogP contribution in [0.3, 0.4) is 0 Å². The van der Waals surface area contributed by atoms with Crippen molar-refractivity contribution in [3.63, 3.8) is 0 Å². The Labute approximate surface area is 122 Å². The molecule has 0 saturated heterocycles. The Bertz CT molecular complexity index is 758. The maximum atomic E-state index is 11.9. The molecule has 21 heavy (non-hydrogen) atoms. The van der Waals surface area contributed by atoms with Crippen LogP contribution in [0, 0.1) is 0 Å². The molecule has 1 aromatic heterocycles. The number of aromatic nitrogens is 2. The van der Waals surface area contributed by atoms with Crippen molar-refractivity contribution in [3.8, 4) is 0 Å². The van der Waals surface area contributed by atoms with Crippen LogP contribution in [-0.4, -0.2) is 22.4 Å². The standard InChI is InChI=1S/C16H14N4O/c21-16(11-19-12-4-2-1-3-5-12)20-13-6-7-14-15(10-13)18-9-8-17-14/h1-10,19H,11H2,(H,20,21). The predicted octanol–water partition coefficient (Wildman–Crippen LogP) is 2.68. The lowest BCUT2D eigenvalue weighted by molar-refractivity contribution is -0.114. The van der Waals surface area contributed by atoms with E-state index in [1.807, 2.05) is 48.5 Å². The summed E-state index contributed by atoms with van der Waals surface area (Å²) in [5.74, 6) is -0.109. The first kappa shape index (κ1) is 13.1. The molecule has 0 spiro atoms. The molecule has 0 radical (unpaired) electrons. The van der Waals surface area contributed by atoms with Crippen molar-refractivity contribution in [3.05, 3.63) is 60.9 Å². The summed E-state index contributed by atoms with van der Waals surface area (Å²) in [7, 11) is 0. The topological polar surface area (TPSA) is 66.9 Å². The number of fused-ring (bicyclic) bond motifs is 1. The number of carbonyl (C=O) groups excluding carboxylic acids is 1. The SMILES string of the molecule is O=C(CNc1ccccc1)Nc1ccc2nccnc2c1. The van der Waals surface area contributed by atoms with E-state index in [1.165, 1.54) is 0 Å². The molecule has 5 nitrogen and oxygen atoms in total. The van der Waals surface area contributed by atoms with E-state index in [9.17, 15) is 4.79 Å². The van der Waals surface area contributed by atoms with E-state index in [1.54, 1.807) is 12.4 Å². The molecule has 1 heterocycles. The fraction of sp³-hybridized carbons (Fsp3) is 0.0625. The van der Waals surface area contributed by atoms with Gasteiger partial charge < -0.3 is 10.6 Å². The first-order chi connectivity index (χ1) is 10.3. The van der Waals surface area contributed by atoms with Crippen molar-refractivity contribution < 1.29 is 4.79 Å². The highest BCUT2D eigenvalue weighted by molar-refractivity contribution is 5.95. The van der Waals surface area contributed by atoms with Crippen LogP contribution in [0.25, 0.3) is 11.0 Å². The zero-order valence-electron chi connectivity index (χ0n) is 11.3. The minimum atomic E-state index is -0.109. The molecule has 5 heteroatoms. The van der Waals surface area contributed by atoms with E-state index in [0.717, 1.165) is 16.7 Å². The smallest absolute Gasteiger partial charge is 0.243 e. The molecule has 0 aliphatic carbocycles. The first-order valence-corrected chi connectivity index (χ1v) is 6.61. The third-order valence-corrected chi connectivity index (χ3v) is 2.98. The third-order valence-electron chi connectivity index (χ3n) is 2.98. The van der Waals surface area contributed by atoms with Crippen molar-refractivity contribution in [1.82, 2.24) is 9.97 Å². The zero-order chi connectivity index (χ0) is 14.5. The summed E-state index contributed by atoms with van der Waals surface area (Å²) in [6, 6.07) is 15.1. The molecule has 2 aromatic carbocycles. The Hall–Kier alpha value is -2.95. The fourth-order valence-corrected chi connectivity index (χ4v) is 1.98. The van der Waals surface area contributed by atoms with Crippen LogP contribution in [0.15, 0.2) is 60.9 Å². The molecular formula is C16H14N4O. The highest BCUT2D eigenvalue weighted by Crippen LogP contribution is 2.15. The van der Waals surface area contributed by atoms with E-state index < -0.39 is 0 Å². The van der Waals surface area contributed by atoms with Gasteiger partial charge in [-0.3, -0.25) is 14.8 Å². The molecular weight excluding hydrogens is 264 g/mol. The first-order valence-electron chi connectivity index (χ1n) is 6.61. The van der Waals surface area contributed by atoms with Crippen LogP contribution >= 0.6 is 0 Å². The number of hydrogen-bond acceptors (Lipinski definition) is 4. The van der Waals surface area contributed by atoms with Gasteiger partial charge in [0.25, 0.3) is 0 Å². The normalized spacial score (nSPS) is 10.3. The fourth-order valence-electron chi connectivity index (χ4n) is 1.98. The molecule has 1 amide bonds. The van der Waals surface area contributed by atoms with Crippen LogP contribution in [0.5, 0.6) is 0 Å². The Balaban J connectivity index is 1.63. The predicted molar refractivity (Wildman–Crippen MR) is 83.1 cm³/mol. The number of anilines is 2. The van der Waals surface area contributed by atoms with Crippen LogP contribution in [-0.2, 0) is 4.79 Å². The van der Waals surface area contributed by atoms with Gasteiger partial charge in [0.2, 0.25) is 5.91 Å². The largest absolute Gasteiger partial charge is 0.376 e. The lowest BCUT2D eigenvalue weighted by Gasteiger charge is -2.08. The van der Waals surface area contributed by atoms with Gasteiger partial charge in [0.1, 0.15) is 0 Å². The number of benzene rings is 2. The molecule has 2 N–H and O–H groups in total. The van der Waals surface area contributed by atoms with Crippen molar-refractivity contribution in [2.45, 2.75) is 0 Å². The quantitative estimate of drug-likeness (QED) is 0.770. The minimum Gasteiger partial charge on any atom is -0.376 e. The van der Waals surface area contributed by atoms with Gasteiger partial charge in [0.15, 0.2) is 0 Å². The average Bonchev–Trinajstić information content (AvgIpc) is 2.54. The number of amides is 1. The molecule has 0 bridgehead atoms. The molecule has 3 aromatic rings.